The SMILES string of the molecule is CC1(C(=O)NCc2ccccc2O)CCNCC1. The van der Waals surface area contributed by atoms with Crippen molar-refractivity contribution in [1.82, 2.24) is 10.6 Å². The maximum Gasteiger partial charge on any atom is 0.226 e. The summed E-state index contributed by atoms with van der Waals surface area (Å²) in [7, 11) is 0. The molecule has 18 heavy (non-hydrogen) atoms. The topological polar surface area (TPSA) is 61.4 Å². The van der Waals surface area contributed by atoms with Gasteiger partial charge in [-0.25, -0.2) is 0 Å². The molecule has 1 aliphatic rings. The summed E-state index contributed by atoms with van der Waals surface area (Å²) in [6.07, 6.45) is 1.72. The Kier molecular flexibility index (Phi) is 3.87. The molecule has 0 aromatic heterocycles. The van der Waals surface area contributed by atoms with Gasteiger partial charge in [0.25, 0.3) is 0 Å². The predicted molar refractivity (Wildman–Crippen MR) is 70.2 cm³/mol. The van der Waals surface area contributed by atoms with Crippen LogP contribution in [-0.2, 0) is 11.3 Å². The average molecular weight is 248 g/mol. The van der Waals surface area contributed by atoms with E-state index in [-0.39, 0.29) is 17.1 Å². The monoisotopic (exact) mass is 248 g/mol. The van der Waals surface area contributed by atoms with Crippen LogP contribution in [0.1, 0.15) is 25.3 Å². The first-order valence-electron chi connectivity index (χ1n) is 6.38. The molecule has 1 aromatic rings. The first-order chi connectivity index (χ1) is 8.62. The van der Waals surface area contributed by atoms with Gasteiger partial charge in [-0.05, 0) is 32.0 Å². The fourth-order valence-corrected chi connectivity index (χ4v) is 2.25. The lowest BCUT2D eigenvalue weighted by atomic mass is 9.80. The lowest BCUT2D eigenvalue weighted by Gasteiger charge is -2.32. The Labute approximate surface area is 107 Å². The average Bonchev–Trinajstić information content (AvgIpc) is 2.38. The third kappa shape index (κ3) is 2.82. The molecule has 4 nitrogen and oxygen atoms in total. The van der Waals surface area contributed by atoms with Gasteiger partial charge in [0.15, 0.2) is 0 Å². The normalized spacial score (nSPS) is 18.3. The Balaban J connectivity index is 1.94. The number of rotatable bonds is 3. The number of phenolic OH excluding ortho intramolecular Hbond substituents is 1. The fraction of sp³-hybridized carbons (Fsp3) is 0.500. The van der Waals surface area contributed by atoms with E-state index < -0.39 is 0 Å². The minimum atomic E-state index is -0.282. The van der Waals surface area contributed by atoms with Crippen molar-refractivity contribution >= 4 is 5.91 Å². The second kappa shape index (κ2) is 5.40. The Morgan fingerprint density at radius 1 is 1.39 bits per heavy atom. The van der Waals surface area contributed by atoms with Gasteiger partial charge in [0.05, 0.1) is 0 Å². The summed E-state index contributed by atoms with van der Waals surface area (Å²) < 4.78 is 0. The molecule has 2 rings (SSSR count). The van der Waals surface area contributed by atoms with E-state index in [1.165, 1.54) is 0 Å². The molecule has 1 aliphatic heterocycles. The number of para-hydroxylation sites is 1. The van der Waals surface area contributed by atoms with Crippen molar-refractivity contribution in [2.45, 2.75) is 26.3 Å². The summed E-state index contributed by atoms with van der Waals surface area (Å²) in [6, 6.07) is 7.08. The van der Waals surface area contributed by atoms with E-state index >= 15 is 0 Å². The molecule has 0 aliphatic carbocycles. The first-order valence-corrected chi connectivity index (χ1v) is 6.38. The van der Waals surface area contributed by atoms with Crippen molar-refractivity contribution in [2.75, 3.05) is 13.1 Å². The highest BCUT2D eigenvalue weighted by atomic mass is 16.3. The van der Waals surface area contributed by atoms with Crippen molar-refractivity contribution in [3.05, 3.63) is 29.8 Å². The van der Waals surface area contributed by atoms with Crippen LogP contribution in [0.5, 0.6) is 5.75 Å². The van der Waals surface area contributed by atoms with Gasteiger partial charge in [0.1, 0.15) is 5.75 Å². The molecule has 0 unspecified atom stereocenters. The van der Waals surface area contributed by atoms with Gasteiger partial charge in [-0.2, -0.15) is 0 Å². The number of hydrogen-bond donors (Lipinski definition) is 3. The third-order valence-electron chi connectivity index (χ3n) is 3.69. The number of carbonyl (C=O) groups excluding carboxylic acids is 1. The Morgan fingerprint density at radius 2 is 2.06 bits per heavy atom. The number of phenols is 1. The molecule has 98 valence electrons. The van der Waals surface area contributed by atoms with Crippen molar-refractivity contribution < 1.29 is 9.90 Å². The van der Waals surface area contributed by atoms with Crippen LogP contribution in [0.2, 0.25) is 0 Å². The van der Waals surface area contributed by atoms with Gasteiger partial charge in [-0.1, -0.05) is 25.1 Å². The van der Waals surface area contributed by atoms with Gasteiger partial charge < -0.3 is 15.7 Å². The molecular formula is C14H20N2O2. The molecule has 1 fully saturated rings. The second-order valence-electron chi connectivity index (χ2n) is 5.12. The van der Waals surface area contributed by atoms with Crippen LogP contribution in [0.4, 0.5) is 0 Å². The smallest absolute Gasteiger partial charge is 0.226 e. The van der Waals surface area contributed by atoms with Gasteiger partial charge in [-0.3, -0.25) is 4.79 Å². The number of hydrogen-bond acceptors (Lipinski definition) is 3. The number of amides is 1. The lowest BCUT2D eigenvalue weighted by Crippen LogP contribution is -2.45. The Bertz CT molecular complexity index is 426. The summed E-state index contributed by atoms with van der Waals surface area (Å²) >= 11 is 0. The zero-order chi connectivity index (χ0) is 13.0. The standard InChI is InChI=1S/C14H20N2O2/c1-14(6-8-15-9-7-14)13(18)16-10-11-4-2-3-5-12(11)17/h2-5,15,17H,6-10H2,1H3,(H,16,18). The Morgan fingerprint density at radius 3 is 2.72 bits per heavy atom. The van der Waals surface area contributed by atoms with Gasteiger partial charge in [-0.15, -0.1) is 0 Å². The molecule has 1 aromatic carbocycles. The summed E-state index contributed by atoms with van der Waals surface area (Å²) in [5.41, 5.74) is 0.471. The lowest BCUT2D eigenvalue weighted by molar-refractivity contribution is -0.131. The number of piperidine rings is 1. The minimum absolute atomic E-state index is 0.0762. The van der Waals surface area contributed by atoms with Gasteiger partial charge in [0.2, 0.25) is 5.91 Å². The molecular weight excluding hydrogens is 228 g/mol. The Hall–Kier alpha value is -1.55. The number of aromatic hydroxyl groups is 1. The highest BCUT2D eigenvalue weighted by Crippen LogP contribution is 2.28. The van der Waals surface area contributed by atoms with Crippen molar-refractivity contribution in [3.8, 4) is 5.75 Å². The second-order valence-corrected chi connectivity index (χ2v) is 5.12. The van der Waals surface area contributed by atoms with Crippen molar-refractivity contribution in [2.24, 2.45) is 5.41 Å². The van der Waals surface area contributed by atoms with Crippen LogP contribution in [0.15, 0.2) is 24.3 Å². The van der Waals surface area contributed by atoms with Crippen LogP contribution < -0.4 is 10.6 Å². The molecule has 1 saturated heterocycles. The quantitative estimate of drug-likeness (QED) is 0.757. The zero-order valence-corrected chi connectivity index (χ0v) is 10.7. The third-order valence-corrected chi connectivity index (χ3v) is 3.69. The number of benzene rings is 1. The maximum atomic E-state index is 12.2. The highest BCUT2D eigenvalue weighted by Gasteiger charge is 2.34. The number of carbonyl (C=O) groups is 1. The highest BCUT2D eigenvalue weighted by molar-refractivity contribution is 5.82. The van der Waals surface area contributed by atoms with Crippen LogP contribution in [0.25, 0.3) is 0 Å². The zero-order valence-electron chi connectivity index (χ0n) is 10.7. The molecule has 0 spiro atoms. The summed E-state index contributed by atoms with van der Waals surface area (Å²) in [5.74, 6) is 0.306. The molecule has 4 heteroatoms. The van der Waals surface area contributed by atoms with E-state index in [4.69, 9.17) is 0 Å². The molecule has 3 N–H and O–H groups in total. The van der Waals surface area contributed by atoms with Crippen LogP contribution in [0, 0.1) is 5.41 Å². The van der Waals surface area contributed by atoms with Crippen LogP contribution >= 0.6 is 0 Å². The van der Waals surface area contributed by atoms with E-state index in [0.717, 1.165) is 31.5 Å². The van der Waals surface area contributed by atoms with E-state index in [2.05, 4.69) is 10.6 Å². The largest absolute Gasteiger partial charge is 0.508 e. The van der Waals surface area contributed by atoms with Crippen molar-refractivity contribution in [3.63, 3.8) is 0 Å². The van der Waals surface area contributed by atoms with Crippen LogP contribution in [-0.4, -0.2) is 24.1 Å². The molecule has 1 amide bonds. The summed E-state index contributed by atoms with van der Waals surface area (Å²) in [5, 5.41) is 15.8. The van der Waals surface area contributed by atoms with E-state index in [0.29, 0.717) is 6.54 Å². The molecule has 0 radical (unpaired) electrons. The summed E-state index contributed by atoms with van der Waals surface area (Å²) in [4.78, 5) is 12.2. The molecule has 1 heterocycles. The molecule has 0 bridgehead atoms. The molecule has 0 saturated carbocycles. The predicted octanol–water partition coefficient (Wildman–Crippen LogP) is 1.40. The molecule has 0 atom stereocenters. The van der Waals surface area contributed by atoms with Crippen molar-refractivity contribution in [1.29, 1.82) is 0 Å². The fourth-order valence-electron chi connectivity index (χ4n) is 2.25. The number of nitrogens with one attached hydrogen (secondary N) is 2. The summed E-state index contributed by atoms with van der Waals surface area (Å²) in [6.45, 7) is 4.17. The van der Waals surface area contributed by atoms with E-state index in [9.17, 15) is 9.90 Å². The van der Waals surface area contributed by atoms with Gasteiger partial charge in [0, 0.05) is 17.5 Å². The first kappa shape index (κ1) is 12.9. The minimum Gasteiger partial charge on any atom is -0.508 e. The van der Waals surface area contributed by atoms with Gasteiger partial charge >= 0.3 is 0 Å². The van der Waals surface area contributed by atoms with E-state index in [1.54, 1.807) is 12.1 Å². The maximum absolute atomic E-state index is 12.2. The van der Waals surface area contributed by atoms with E-state index in [1.807, 2.05) is 19.1 Å². The van der Waals surface area contributed by atoms with Crippen LogP contribution in [0.3, 0.4) is 0 Å².